The van der Waals surface area contributed by atoms with E-state index in [0.717, 1.165) is 29.1 Å². The van der Waals surface area contributed by atoms with Crippen LogP contribution in [0.15, 0.2) is 60.9 Å². The number of hydrogen-bond donors (Lipinski definition) is 1. The zero-order valence-corrected chi connectivity index (χ0v) is 14.6. The van der Waals surface area contributed by atoms with Crippen molar-refractivity contribution in [3.63, 3.8) is 0 Å². The molecule has 0 aliphatic rings. The van der Waals surface area contributed by atoms with Gasteiger partial charge in [0.1, 0.15) is 5.75 Å². The summed E-state index contributed by atoms with van der Waals surface area (Å²) in [6.45, 7) is 8.74. The first-order valence-electron chi connectivity index (χ1n) is 8.31. The molecule has 1 radical (unpaired) electrons. The molecule has 3 rings (SSSR count). The van der Waals surface area contributed by atoms with Gasteiger partial charge < -0.3 is 10.1 Å². The highest BCUT2D eigenvalue weighted by Gasteiger charge is 2.07. The standard InChI is InChI=1S/C21H22N3O/c1-15-7-9-18(10-8-15)13-23-17(3)19-5-4-6-20(11-19)25-21-14-22-12-16(2)24-21/h4-12,14,17,23H,1,13H2,2-3H3. The number of nitrogens with zero attached hydrogens (tertiary/aromatic N) is 2. The maximum atomic E-state index is 5.82. The topological polar surface area (TPSA) is 47.0 Å². The van der Waals surface area contributed by atoms with Crippen LogP contribution in [0, 0.1) is 13.8 Å². The molecule has 2 aromatic carbocycles. The van der Waals surface area contributed by atoms with E-state index in [1.54, 1.807) is 12.4 Å². The summed E-state index contributed by atoms with van der Waals surface area (Å²) in [7, 11) is 0. The number of ether oxygens (including phenoxy) is 1. The number of benzene rings is 2. The van der Waals surface area contributed by atoms with E-state index in [-0.39, 0.29) is 6.04 Å². The van der Waals surface area contributed by atoms with Crippen LogP contribution in [0.4, 0.5) is 0 Å². The predicted octanol–water partition coefficient (Wildman–Crippen LogP) is 4.61. The molecule has 4 nitrogen and oxygen atoms in total. The Morgan fingerprint density at radius 1 is 1.12 bits per heavy atom. The summed E-state index contributed by atoms with van der Waals surface area (Å²) >= 11 is 0. The lowest BCUT2D eigenvalue weighted by atomic mass is 10.1. The molecule has 0 aliphatic carbocycles. The van der Waals surface area contributed by atoms with Gasteiger partial charge in [-0.1, -0.05) is 36.4 Å². The zero-order chi connectivity index (χ0) is 17.6. The Kier molecular flexibility index (Phi) is 5.41. The van der Waals surface area contributed by atoms with Crippen molar-refractivity contribution in [2.45, 2.75) is 26.4 Å². The lowest BCUT2D eigenvalue weighted by Gasteiger charge is -2.15. The number of aromatic nitrogens is 2. The van der Waals surface area contributed by atoms with E-state index < -0.39 is 0 Å². The molecule has 1 heterocycles. The van der Waals surface area contributed by atoms with Crippen LogP contribution in [0.3, 0.4) is 0 Å². The highest BCUT2D eigenvalue weighted by Crippen LogP contribution is 2.23. The van der Waals surface area contributed by atoms with E-state index in [2.05, 4.69) is 47.3 Å². The molecular weight excluding hydrogens is 310 g/mol. The van der Waals surface area contributed by atoms with Gasteiger partial charge in [-0.05, 0) is 49.6 Å². The summed E-state index contributed by atoms with van der Waals surface area (Å²) in [6.07, 6.45) is 3.32. The highest BCUT2D eigenvalue weighted by molar-refractivity contribution is 5.33. The van der Waals surface area contributed by atoms with Gasteiger partial charge in [-0.3, -0.25) is 4.98 Å². The average Bonchev–Trinajstić information content (AvgIpc) is 2.61. The summed E-state index contributed by atoms with van der Waals surface area (Å²) in [5.74, 6) is 1.26. The van der Waals surface area contributed by atoms with Crippen LogP contribution in [0.25, 0.3) is 0 Å². The molecule has 0 fully saturated rings. The first kappa shape index (κ1) is 17.1. The van der Waals surface area contributed by atoms with Crippen LogP contribution >= 0.6 is 0 Å². The Labute approximate surface area is 148 Å². The van der Waals surface area contributed by atoms with E-state index in [1.807, 2.05) is 37.3 Å². The summed E-state index contributed by atoms with van der Waals surface area (Å²) in [5, 5.41) is 3.53. The highest BCUT2D eigenvalue weighted by atomic mass is 16.5. The second-order valence-corrected chi connectivity index (χ2v) is 6.09. The van der Waals surface area contributed by atoms with Crippen LogP contribution in [0.2, 0.25) is 0 Å². The summed E-state index contributed by atoms with van der Waals surface area (Å²) in [6, 6.07) is 16.5. The molecule has 1 unspecified atom stereocenters. The minimum absolute atomic E-state index is 0.201. The van der Waals surface area contributed by atoms with Gasteiger partial charge in [0.2, 0.25) is 5.88 Å². The van der Waals surface area contributed by atoms with Crippen molar-refractivity contribution in [2.75, 3.05) is 0 Å². The maximum absolute atomic E-state index is 5.82. The number of rotatable bonds is 6. The molecule has 3 aromatic rings. The molecule has 0 spiro atoms. The Balaban J connectivity index is 1.64. The second kappa shape index (κ2) is 7.90. The Bertz CT molecular complexity index is 831. The van der Waals surface area contributed by atoms with Gasteiger partial charge in [0.15, 0.2) is 0 Å². The molecule has 0 aliphatic heterocycles. The van der Waals surface area contributed by atoms with Crippen molar-refractivity contribution in [1.29, 1.82) is 0 Å². The fourth-order valence-electron chi connectivity index (χ4n) is 2.50. The van der Waals surface area contributed by atoms with Crippen LogP contribution in [-0.2, 0) is 6.54 Å². The third kappa shape index (κ3) is 4.88. The fourth-order valence-corrected chi connectivity index (χ4v) is 2.50. The smallest absolute Gasteiger partial charge is 0.238 e. The molecule has 1 atom stereocenters. The lowest BCUT2D eigenvalue weighted by Crippen LogP contribution is -2.18. The third-order valence-corrected chi connectivity index (χ3v) is 3.95. The monoisotopic (exact) mass is 332 g/mol. The Hall–Kier alpha value is -2.72. The number of aryl methyl sites for hydroxylation is 1. The number of hydrogen-bond acceptors (Lipinski definition) is 4. The zero-order valence-electron chi connectivity index (χ0n) is 14.6. The Morgan fingerprint density at radius 3 is 2.68 bits per heavy atom. The predicted molar refractivity (Wildman–Crippen MR) is 99.4 cm³/mol. The van der Waals surface area contributed by atoms with Crippen molar-refractivity contribution in [1.82, 2.24) is 15.3 Å². The fraction of sp³-hybridized carbons (Fsp3) is 0.190. The van der Waals surface area contributed by atoms with Crippen LogP contribution < -0.4 is 10.1 Å². The van der Waals surface area contributed by atoms with Crippen molar-refractivity contribution < 1.29 is 4.74 Å². The van der Waals surface area contributed by atoms with Gasteiger partial charge in [-0.15, -0.1) is 0 Å². The molecule has 4 heteroatoms. The molecule has 127 valence electrons. The minimum Gasteiger partial charge on any atom is -0.437 e. The van der Waals surface area contributed by atoms with Gasteiger partial charge >= 0.3 is 0 Å². The normalized spacial score (nSPS) is 12.0. The van der Waals surface area contributed by atoms with Gasteiger partial charge in [0, 0.05) is 18.8 Å². The largest absolute Gasteiger partial charge is 0.437 e. The van der Waals surface area contributed by atoms with Gasteiger partial charge in [0.05, 0.1) is 11.9 Å². The van der Waals surface area contributed by atoms with Crippen molar-refractivity contribution in [3.05, 3.63) is 90.2 Å². The quantitative estimate of drug-likeness (QED) is 0.716. The van der Waals surface area contributed by atoms with Gasteiger partial charge in [0.25, 0.3) is 0 Å². The molecule has 0 amide bonds. The van der Waals surface area contributed by atoms with E-state index >= 15 is 0 Å². The molecule has 25 heavy (non-hydrogen) atoms. The molecular formula is C21H22N3O. The Morgan fingerprint density at radius 2 is 1.92 bits per heavy atom. The van der Waals surface area contributed by atoms with Crippen molar-refractivity contribution >= 4 is 0 Å². The van der Waals surface area contributed by atoms with Crippen LogP contribution in [0.1, 0.15) is 35.3 Å². The first-order chi connectivity index (χ1) is 12.1. The van der Waals surface area contributed by atoms with Gasteiger partial charge in [-0.2, -0.15) is 0 Å². The summed E-state index contributed by atoms with van der Waals surface area (Å²) in [4.78, 5) is 8.42. The first-order valence-corrected chi connectivity index (χ1v) is 8.31. The molecule has 0 saturated carbocycles. The number of nitrogens with one attached hydrogen (secondary N) is 1. The SMILES string of the molecule is [CH2]c1ccc(CNC(C)c2cccc(Oc3cncc(C)n3)c2)cc1. The molecule has 1 N–H and O–H groups in total. The second-order valence-electron chi connectivity index (χ2n) is 6.09. The summed E-state index contributed by atoms with van der Waals surface area (Å²) < 4.78 is 5.82. The van der Waals surface area contributed by atoms with Crippen LogP contribution in [0.5, 0.6) is 11.6 Å². The van der Waals surface area contributed by atoms with Crippen molar-refractivity contribution in [3.8, 4) is 11.6 Å². The van der Waals surface area contributed by atoms with E-state index in [0.29, 0.717) is 5.88 Å². The molecule has 0 bridgehead atoms. The van der Waals surface area contributed by atoms with Gasteiger partial charge in [-0.25, -0.2) is 4.98 Å². The van der Waals surface area contributed by atoms with Crippen LogP contribution in [-0.4, -0.2) is 9.97 Å². The van der Waals surface area contributed by atoms with E-state index in [4.69, 9.17) is 4.74 Å². The maximum Gasteiger partial charge on any atom is 0.238 e. The average molecular weight is 332 g/mol. The van der Waals surface area contributed by atoms with E-state index in [1.165, 1.54) is 5.56 Å². The molecule has 1 aromatic heterocycles. The lowest BCUT2D eigenvalue weighted by molar-refractivity contribution is 0.456. The summed E-state index contributed by atoms with van der Waals surface area (Å²) in [5.41, 5.74) is 4.26. The molecule has 0 saturated heterocycles. The van der Waals surface area contributed by atoms with E-state index in [9.17, 15) is 0 Å². The minimum atomic E-state index is 0.201. The third-order valence-electron chi connectivity index (χ3n) is 3.95. The van der Waals surface area contributed by atoms with Crippen molar-refractivity contribution in [2.24, 2.45) is 0 Å².